The highest BCUT2D eigenvalue weighted by molar-refractivity contribution is 7.15. The molecule has 126 valence electrons. The molecular formula is C21H21N3S. The molecule has 0 radical (unpaired) electrons. The molecule has 0 aliphatic heterocycles. The molecule has 0 fully saturated rings. The molecule has 0 saturated heterocycles. The number of hydrogen-bond donors (Lipinski definition) is 1. The first-order chi connectivity index (χ1) is 12.3. The number of aromatic nitrogens is 2. The molecule has 25 heavy (non-hydrogen) atoms. The minimum Gasteiger partial charge on any atom is -0.330 e. The molecule has 4 aromatic rings. The van der Waals surface area contributed by atoms with E-state index >= 15 is 0 Å². The van der Waals surface area contributed by atoms with E-state index in [1.807, 2.05) is 6.07 Å². The number of fused-ring (bicyclic) bond motifs is 1. The normalized spacial score (nSPS) is 11.3. The first-order valence-electron chi connectivity index (χ1n) is 8.65. The van der Waals surface area contributed by atoms with Crippen LogP contribution in [0.25, 0.3) is 27.5 Å². The number of imidazole rings is 1. The summed E-state index contributed by atoms with van der Waals surface area (Å²) in [5, 5.41) is 2.18. The van der Waals surface area contributed by atoms with Crippen LogP contribution < -0.4 is 5.73 Å². The van der Waals surface area contributed by atoms with Gasteiger partial charge in [0.25, 0.3) is 0 Å². The predicted molar refractivity (Wildman–Crippen MR) is 106 cm³/mol. The molecule has 0 bridgehead atoms. The molecule has 0 unspecified atom stereocenters. The van der Waals surface area contributed by atoms with Gasteiger partial charge in [0.1, 0.15) is 0 Å². The van der Waals surface area contributed by atoms with Gasteiger partial charge >= 0.3 is 0 Å². The number of aryl methyl sites for hydroxylation is 1. The summed E-state index contributed by atoms with van der Waals surface area (Å²) < 4.78 is 2.27. The first-order valence-corrected chi connectivity index (χ1v) is 9.53. The van der Waals surface area contributed by atoms with Gasteiger partial charge in [0, 0.05) is 17.4 Å². The van der Waals surface area contributed by atoms with Crippen LogP contribution >= 0.6 is 11.3 Å². The van der Waals surface area contributed by atoms with E-state index in [1.165, 1.54) is 22.5 Å². The lowest BCUT2D eigenvalue weighted by atomic mass is 10.0. The zero-order chi connectivity index (χ0) is 17.2. The first kappa shape index (κ1) is 16.1. The van der Waals surface area contributed by atoms with Crippen molar-refractivity contribution >= 4 is 16.3 Å². The fraction of sp³-hybridized carbons (Fsp3) is 0.190. The van der Waals surface area contributed by atoms with Crippen molar-refractivity contribution in [3.05, 3.63) is 71.2 Å². The van der Waals surface area contributed by atoms with Crippen LogP contribution in [-0.4, -0.2) is 15.9 Å². The maximum atomic E-state index is 5.92. The van der Waals surface area contributed by atoms with Crippen molar-refractivity contribution in [3.63, 3.8) is 0 Å². The lowest BCUT2D eigenvalue weighted by molar-refractivity contribution is 0.913. The molecule has 4 heteroatoms. The molecule has 3 nitrogen and oxygen atoms in total. The van der Waals surface area contributed by atoms with E-state index < -0.39 is 0 Å². The molecule has 0 aliphatic carbocycles. The van der Waals surface area contributed by atoms with Crippen molar-refractivity contribution in [3.8, 4) is 22.5 Å². The van der Waals surface area contributed by atoms with Gasteiger partial charge in [-0.25, -0.2) is 4.98 Å². The number of benzene rings is 2. The van der Waals surface area contributed by atoms with Crippen LogP contribution in [0.4, 0.5) is 0 Å². The Labute approximate surface area is 151 Å². The predicted octanol–water partition coefficient (Wildman–Crippen LogP) is 4.79. The Kier molecular flexibility index (Phi) is 4.38. The van der Waals surface area contributed by atoms with Crippen LogP contribution in [0, 0.1) is 0 Å². The van der Waals surface area contributed by atoms with Gasteiger partial charge in [-0.05, 0) is 24.1 Å². The molecule has 0 spiro atoms. The fourth-order valence-electron chi connectivity index (χ4n) is 3.22. The molecule has 0 atom stereocenters. The van der Waals surface area contributed by atoms with Crippen molar-refractivity contribution in [1.82, 2.24) is 9.38 Å². The van der Waals surface area contributed by atoms with Crippen molar-refractivity contribution in [2.75, 3.05) is 6.54 Å². The van der Waals surface area contributed by atoms with Gasteiger partial charge < -0.3 is 5.73 Å². The highest BCUT2D eigenvalue weighted by Crippen LogP contribution is 2.33. The third-order valence-electron chi connectivity index (χ3n) is 4.55. The summed E-state index contributed by atoms with van der Waals surface area (Å²) in [6.45, 7) is 2.78. The second kappa shape index (κ2) is 6.82. The molecule has 2 aromatic heterocycles. The Morgan fingerprint density at radius 1 is 1.00 bits per heavy atom. The summed E-state index contributed by atoms with van der Waals surface area (Å²) >= 11 is 1.68. The molecular weight excluding hydrogens is 326 g/mol. The summed E-state index contributed by atoms with van der Waals surface area (Å²) in [7, 11) is 0. The van der Waals surface area contributed by atoms with Gasteiger partial charge in [-0.3, -0.25) is 4.40 Å². The summed E-state index contributed by atoms with van der Waals surface area (Å²) in [5.41, 5.74) is 13.1. The summed E-state index contributed by atoms with van der Waals surface area (Å²) in [6.07, 6.45) is 1.86. The largest absolute Gasteiger partial charge is 0.330 e. The Bertz CT molecular complexity index is 981. The molecule has 0 amide bonds. The van der Waals surface area contributed by atoms with E-state index in [-0.39, 0.29) is 0 Å². The van der Waals surface area contributed by atoms with E-state index in [1.54, 1.807) is 11.3 Å². The van der Waals surface area contributed by atoms with Gasteiger partial charge in [-0.15, -0.1) is 11.3 Å². The fourth-order valence-corrected chi connectivity index (χ4v) is 4.14. The average Bonchev–Trinajstić information content (AvgIpc) is 3.23. The quantitative estimate of drug-likeness (QED) is 0.564. The Hall–Kier alpha value is -2.43. The van der Waals surface area contributed by atoms with Crippen LogP contribution in [0.1, 0.15) is 18.2 Å². The van der Waals surface area contributed by atoms with Crippen LogP contribution in [0.2, 0.25) is 0 Å². The van der Waals surface area contributed by atoms with Gasteiger partial charge in [0.15, 0.2) is 4.96 Å². The van der Waals surface area contributed by atoms with Gasteiger partial charge in [0.2, 0.25) is 0 Å². The van der Waals surface area contributed by atoms with E-state index in [0.717, 1.165) is 29.1 Å². The van der Waals surface area contributed by atoms with Gasteiger partial charge in [-0.2, -0.15) is 0 Å². The second-order valence-corrected chi connectivity index (χ2v) is 6.94. The van der Waals surface area contributed by atoms with Crippen LogP contribution in [0.15, 0.2) is 60.0 Å². The van der Waals surface area contributed by atoms with Gasteiger partial charge in [0.05, 0.1) is 17.1 Å². The molecule has 4 rings (SSSR count). The lowest BCUT2D eigenvalue weighted by Crippen LogP contribution is -2.06. The van der Waals surface area contributed by atoms with E-state index in [9.17, 15) is 0 Å². The van der Waals surface area contributed by atoms with E-state index in [0.29, 0.717) is 6.54 Å². The third kappa shape index (κ3) is 2.88. The maximum absolute atomic E-state index is 5.92. The second-order valence-electron chi connectivity index (χ2n) is 6.10. The maximum Gasteiger partial charge on any atom is 0.194 e. The van der Waals surface area contributed by atoms with Crippen molar-refractivity contribution in [1.29, 1.82) is 0 Å². The lowest BCUT2D eigenvalue weighted by Gasteiger charge is -2.07. The monoisotopic (exact) mass is 347 g/mol. The van der Waals surface area contributed by atoms with E-state index in [4.69, 9.17) is 10.7 Å². The molecule has 0 saturated carbocycles. The topological polar surface area (TPSA) is 43.3 Å². The SMILES string of the molecule is CCc1ccc(-c2nc3scc(-c4ccccc4)n3c2CCN)cc1. The zero-order valence-electron chi connectivity index (χ0n) is 14.3. The summed E-state index contributed by atoms with van der Waals surface area (Å²) in [4.78, 5) is 5.95. The minimum atomic E-state index is 0.609. The van der Waals surface area contributed by atoms with Gasteiger partial charge in [-0.1, -0.05) is 61.5 Å². The van der Waals surface area contributed by atoms with Crippen molar-refractivity contribution in [2.45, 2.75) is 19.8 Å². The van der Waals surface area contributed by atoms with Crippen LogP contribution in [0.5, 0.6) is 0 Å². The Balaban J connectivity index is 1.90. The van der Waals surface area contributed by atoms with Crippen LogP contribution in [-0.2, 0) is 12.8 Å². The number of thiazole rings is 1. The Morgan fingerprint density at radius 3 is 2.44 bits per heavy atom. The highest BCUT2D eigenvalue weighted by Gasteiger charge is 2.18. The minimum absolute atomic E-state index is 0.609. The molecule has 2 heterocycles. The van der Waals surface area contributed by atoms with Crippen LogP contribution in [0.3, 0.4) is 0 Å². The third-order valence-corrected chi connectivity index (χ3v) is 5.37. The molecule has 2 aromatic carbocycles. The molecule has 0 aliphatic rings. The summed E-state index contributed by atoms with van der Waals surface area (Å²) in [5.74, 6) is 0. The zero-order valence-corrected chi connectivity index (χ0v) is 15.1. The molecule has 2 N–H and O–H groups in total. The standard InChI is InChI=1S/C21H21N3S/c1-2-15-8-10-17(11-9-15)20-18(12-13-22)24-19(14-25-21(24)23-20)16-6-4-3-5-7-16/h3-11,14H,2,12-13,22H2,1H3. The average molecular weight is 347 g/mol. The highest BCUT2D eigenvalue weighted by atomic mass is 32.1. The Morgan fingerprint density at radius 2 is 1.76 bits per heavy atom. The number of hydrogen-bond acceptors (Lipinski definition) is 3. The van der Waals surface area contributed by atoms with Crippen molar-refractivity contribution < 1.29 is 0 Å². The smallest absolute Gasteiger partial charge is 0.194 e. The van der Waals surface area contributed by atoms with E-state index in [2.05, 4.69) is 65.2 Å². The summed E-state index contributed by atoms with van der Waals surface area (Å²) in [6, 6.07) is 19.2. The number of rotatable bonds is 5. The van der Waals surface area contributed by atoms with Crippen molar-refractivity contribution in [2.24, 2.45) is 5.73 Å². The number of nitrogens with zero attached hydrogens (tertiary/aromatic N) is 2. The number of nitrogens with two attached hydrogens (primary N) is 1.